The van der Waals surface area contributed by atoms with Crippen molar-refractivity contribution in [2.75, 3.05) is 31.9 Å². The Kier molecular flexibility index (Phi) is 31.0. The van der Waals surface area contributed by atoms with Gasteiger partial charge in [-0.3, -0.25) is 57.5 Å². The first-order valence-corrected chi connectivity index (χ1v) is 32.8. The maximum Gasteiger partial charge on any atom is 0.326 e. The predicted molar refractivity (Wildman–Crippen MR) is 353 cm³/mol. The third kappa shape index (κ3) is 24.1. The van der Waals surface area contributed by atoms with Crippen LogP contribution in [0.15, 0.2) is 91.0 Å². The van der Waals surface area contributed by atoms with Crippen LogP contribution >= 0.6 is 12.6 Å². The van der Waals surface area contributed by atoms with Crippen molar-refractivity contribution in [3.8, 4) is 0 Å². The second-order valence-corrected chi connectivity index (χ2v) is 24.9. The first-order valence-electron chi connectivity index (χ1n) is 32.2. The molecule has 3 aromatic carbocycles. The van der Waals surface area contributed by atoms with Gasteiger partial charge in [-0.25, -0.2) is 4.79 Å². The van der Waals surface area contributed by atoms with Crippen molar-refractivity contribution < 1.29 is 72.5 Å². The minimum atomic E-state index is -1.58. The van der Waals surface area contributed by atoms with E-state index in [1.165, 1.54) is 16.7 Å². The largest absolute Gasteiger partial charge is 0.481 e. The molecule has 0 saturated carbocycles. The molecule has 2 heterocycles. The molecule has 11 atom stereocenters. The van der Waals surface area contributed by atoms with Crippen LogP contribution in [0.1, 0.15) is 109 Å². The van der Waals surface area contributed by atoms with Crippen LogP contribution in [-0.4, -0.2) is 195 Å². The second kappa shape index (κ2) is 38.4. The van der Waals surface area contributed by atoms with Crippen LogP contribution in [0.3, 0.4) is 0 Å². The van der Waals surface area contributed by atoms with Crippen LogP contribution < -0.4 is 59.3 Å². The number of nitrogens with two attached hydrogens (primary N) is 2. The topological polar surface area (TPSA) is 429 Å². The molecule has 0 aliphatic carbocycles. The van der Waals surface area contributed by atoms with Crippen LogP contribution in [0.25, 0.3) is 0 Å². The highest BCUT2D eigenvalue weighted by Crippen LogP contribution is 2.23. The van der Waals surface area contributed by atoms with E-state index >= 15 is 0 Å². The Labute approximate surface area is 558 Å². The average Bonchev–Trinajstić information content (AvgIpc) is 1.75. The van der Waals surface area contributed by atoms with Crippen molar-refractivity contribution in [1.82, 2.24) is 57.7 Å². The summed E-state index contributed by atoms with van der Waals surface area (Å²) >= 11 is 4.23. The number of unbranched alkanes of at least 4 members (excludes halogenated alkanes) is 1. The van der Waals surface area contributed by atoms with E-state index in [1.54, 1.807) is 82.3 Å². The SMILES string of the molecule is CC(C)[C@H](NC(=O)[C@H](CS)NC(=O)[C@H](CCC(=O)O)NC(=O)[C@@H]1CCCN1C(=O)[C@H](Cc1ccccc1)NC(=O)[C@@H]1CCCN1C(=O)[C@H](C)NC(=O)[C@@H](NC(=O)[C@H](Cc1ccccc1)NC(=O)[C@@H](N)Cc1ccccc1)C(C)C)C(=O)NCC(=O)N[C@@H](CCCCN)C(=O)O. The third-order valence-corrected chi connectivity index (χ3v) is 16.8. The van der Waals surface area contributed by atoms with Gasteiger partial charge in [-0.15, -0.1) is 0 Å². The average molecular weight is 1340 g/mol. The van der Waals surface area contributed by atoms with Gasteiger partial charge < -0.3 is 79.3 Å². The molecule has 0 aromatic heterocycles. The van der Waals surface area contributed by atoms with E-state index in [1.807, 2.05) is 36.4 Å². The third-order valence-electron chi connectivity index (χ3n) is 16.4. The van der Waals surface area contributed by atoms with Gasteiger partial charge in [0.25, 0.3) is 0 Å². The van der Waals surface area contributed by atoms with Crippen LogP contribution in [0.2, 0.25) is 0 Å². The van der Waals surface area contributed by atoms with Crippen LogP contribution in [0, 0.1) is 11.8 Å². The number of carboxylic acid groups (broad SMARTS) is 2. The highest BCUT2D eigenvalue weighted by atomic mass is 32.1. The monoisotopic (exact) mass is 1340 g/mol. The molecular weight excluding hydrogens is 1250 g/mol. The molecule has 29 heteroatoms. The first-order chi connectivity index (χ1) is 45.2. The van der Waals surface area contributed by atoms with Crippen molar-refractivity contribution in [1.29, 1.82) is 0 Å². The van der Waals surface area contributed by atoms with E-state index in [0.29, 0.717) is 37.8 Å². The number of hydrogen-bond acceptors (Lipinski definition) is 16. The number of benzene rings is 3. The van der Waals surface area contributed by atoms with E-state index in [9.17, 15) is 72.5 Å². The molecule has 0 spiro atoms. The van der Waals surface area contributed by atoms with Gasteiger partial charge in [0.15, 0.2) is 0 Å². The normalized spacial score (nSPS) is 17.2. The van der Waals surface area contributed by atoms with E-state index in [-0.39, 0.29) is 57.4 Å². The molecule has 5 rings (SSSR count). The fourth-order valence-electron chi connectivity index (χ4n) is 11.2. The van der Waals surface area contributed by atoms with Crippen molar-refractivity contribution in [2.45, 2.75) is 178 Å². The molecule has 0 radical (unpaired) electrons. The number of amides is 11. The van der Waals surface area contributed by atoms with Crippen LogP contribution in [-0.2, 0) is 81.6 Å². The number of carbonyl (C=O) groups excluding carboxylic acids is 11. The summed E-state index contributed by atoms with van der Waals surface area (Å²) in [6.07, 6.45) is 1.18. The zero-order chi connectivity index (χ0) is 69.9. The smallest absolute Gasteiger partial charge is 0.326 e. The van der Waals surface area contributed by atoms with Crippen LogP contribution in [0.5, 0.6) is 0 Å². The van der Waals surface area contributed by atoms with Gasteiger partial charge in [-0.2, -0.15) is 12.6 Å². The Bertz CT molecular complexity index is 3130. The summed E-state index contributed by atoms with van der Waals surface area (Å²) in [4.78, 5) is 180. The maximum atomic E-state index is 14.9. The zero-order valence-electron chi connectivity index (χ0n) is 54.4. The lowest BCUT2D eigenvalue weighted by Gasteiger charge is -2.32. The van der Waals surface area contributed by atoms with E-state index < -0.39 is 175 Å². The molecule has 28 nitrogen and oxygen atoms in total. The van der Waals surface area contributed by atoms with Gasteiger partial charge in [0.05, 0.1) is 12.6 Å². The Hall–Kier alpha value is -8.96. The Morgan fingerprint density at radius 2 is 0.968 bits per heavy atom. The number of carbonyl (C=O) groups is 13. The van der Waals surface area contributed by atoms with Crippen molar-refractivity contribution in [3.05, 3.63) is 108 Å². The number of rotatable bonds is 37. The summed E-state index contributed by atoms with van der Waals surface area (Å²) in [5.74, 6) is -12.3. The highest BCUT2D eigenvalue weighted by molar-refractivity contribution is 7.80. The van der Waals surface area contributed by atoms with Crippen molar-refractivity contribution >= 4 is 89.5 Å². The van der Waals surface area contributed by atoms with E-state index in [2.05, 4.69) is 60.5 Å². The first kappa shape index (κ1) is 76.7. The second-order valence-electron chi connectivity index (χ2n) is 24.6. The molecule has 518 valence electrons. The lowest BCUT2D eigenvalue weighted by atomic mass is 10.00. The van der Waals surface area contributed by atoms with Gasteiger partial charge >= 0.3 is 11.9 Å². The lowest BCUT2D eigenvalue weighted by Crippen LogP contribution is -2.61. The molecule has 2 aliphatic rings. The van der Waals surface area contributed by atoms with Crippen LogP contribution in [0.4, 0.5) is 0 Å². The van der Waals surface area contributed by atoms with Gasteiger partial charge in [-0.1, -0.05) is 119 Å². The molecule has 95 heavy (non-hydrogen) atoms. The quantitative estimate of drug-likeness (QED) is 0.0252. The molecule has 2 fully saturated rings. The summed E-state index contributed by atoms with van der Waals surface area (Å²) in [6.45, 7) is 7.89. The van der Waals surface area contributed by atoms with Gasteiger partial charge in [0, 0.05) is 38.1 Å². The zero-order valence-corrected chi connectivity index (χ0v) is 55.3. The fraction of sp³-hybridized carbons (Fsp3) is 0.530. The standard InChI is InChI=1S/C66H93N13O15S/c1-38(2)54(62(89)69-36-52(80)71-46(66(93)94)25-15-16-30-67)76-59(86)49(37-95)75-57(84)45(28-29-53(81)82)72-60(87)51-27-18-32-79(51)65(92)48(35-43-23-13-8-14-24-43)74-61(88)50-26-17-31-78(50)64(91)40(5)70-63(90)55(39(3)4)77-58(85)47(34-42-21-11-7-12-22-42)73-56(83)44(68)33-41-19-9-6-10-20-41/h6-14,19-24,38-40,44-51,54-55,95H,15-18,25-37,67-68H2,1-5H3,(H,69,89)(H,70,90)(H,71,80)(H,72,87)(H,73,83)(H,74,88)(H,75,84)(H,76,86)(H,77,85)(H,81,82)(H,93,94)/t40-,44-,45-,46-,47-,48-,49-,50-,51-,54-,55-/m0/s1. The number of likely N-dealkylation sites (tertiary alicyclic amines) is 2. The van der Waals surface area contributed by atoms with Gasteiger partial charge in [0.2, 0.25) is 65.0 Å². The van der Waals surface area contributed by atoms with Crippen molar-refractivity contribution in [2.24, 2.45) is 23.3 Å². The molecule has 15 N–H and O–H groups in total. The summed E-state index contributed by atoms with van der Waals surface area (Å²) in [5, 5.41) is 42.6. The maximum absolute atomic E-state index is 14.9. The number of hydrogen-bond donors (Lipinski definition) is 14. The lowest BCUT2D eigenvalue weighted by molar-refractivity contribution is -0.144. The Morgan fingerprint density at radius 3 is 1.46 bits per heavy atom. The minimum absolute atomic E-state index is 0.0354. The molecule has 3 aromatic rings. The number of nitrogens with zero attached hydrogens (tertiary/aromatic N) is 2. The molecule has 0 unspecified atom stereocenters. The van der Waals surface area contributed by atoms with E-state index in [4.69, 9.17) is 11.5 Å². The number of nitrogens with one attached hydrogen (secondary N) is 9. The summed E-state index contributed by atoms with van der Waals surface area (Å²) in [6, 6.07) is 13.1. The van der Waals surface area contributed by atoms with E-state index in [0.717, 1.165) is 11.1 Å². The Balaban J connectivity index is 1.25. The minimum Gasteiger partial charge on any atom is -0.481 e. The molecule has 2 aliphatic heterocycles. The number of aliphatic carboxylic acids is 2. The van der Waals surface area contributed by atoms with Gasteiger partial charge in [-0.05, 0) is 99.8 Å². The molecule has 2 saturated heterocycles. The summed E-state index contributed by atoms with van der Waals surface area (Å²) < 4.78 is 0. The fourth-order valence-corrected chi connectivity index (χ4v) is 11.4. The summed E-state index contributed by atoms with van der Waals surface area (Å²) in [7, 11) is 0. The molecule has 0 bridgehead atoms. The molecule has 11 amide bonds. The van der Waals surface area contributed by atoms with Gasteiger partial charge in [0.1, 0.15) is 60.4 Å². The number of thiol groups is 1. The molecular formula is C66H93N13O15S. The Morgan fingerprint density at radius 1 is 0.505 bits per heavy atom. The highest BCUT2D eigenvalue weighted by Gasteiger charge is 2.43. The predicted octanol–water partition coefficient (Wildman–Crippen LogP) is -0.642. The number of carboxylic acids is 2. The summed E-state index contributed by atoms with van der Waals surface area (Å²) in [5.41, 5.74) is 14.0. The van der Waals surface area contributed by atoms with Crippen molar-refractivity contribution in [3.63, 3.8) is 0 Å².